The summed E-state index contributed by atoms with van der Waals surface area (Å²) >= 11 is 0. The summed E-state index contributed by atoms with van der Waals surface area (Å²) in [6.07, 6.45) is 4.87. The summed E-state index contributed by atoms with van der Waals surface area (Å²) in [6.45, 7) is 11.1. The first kappa shape index (κ1) is 24.4. The Labute approximate surface area is 180 Å². The minimum absolute atomic E-state index is 0.0501. The summed E-state index contributed by atoms with van der Waals surface area (Å²) in [4.78, 5) is 36.9. The van der Waals surface area contributed by atoms with Crippen molar-refractivity contribution >= 4 is 17.9 Å². The fourth-order valence-electron chi connectivity index (χ4n) is 5.31. The van der Waals surface area contributed by atoms with E-state index in [0.717, 1.165) is 12.8 Å². The molecular formula is C22H40N4O4. The third-order valence-corrected chi connectivity index (χ3v) is 7.90. The van der Waals surface area contributed by atoms with E-state index in [4.69, 9.17) is 5.73 Å². The summed E-state index contributed by atoms with van der Waals surface area (Å²) in [6, 6.07) is -2.27. The first-order valence-corrected chi connectivity index (χ1v) is 11.2. The fourth-order valence-corrected chi connectivity index (χ4v) is 5.31. The van der Waals surface area contributed by atoms with Gasteiger partial charge in [0.15, 0.2) is 0 Å². The van der Waals surface area contributed by atoms with E-state index in [2.05, 4.69) is 36.7 Å². The second kappa shape index (κ2) is 9.54. The van der Waals surface area contributed by atoms with Gasteiger partial charge in [0, 0.05) is 6.04 Å². The average Bonchev–Trinajstić information content (AvgIpc) is 2.98. The number of carboxylic acids is 1. The third kappa shape index (κ3) is 4.90. The number of unbranched alkanes of at least 4 members (excludes halogenated alkanes) is 1. The molecule has 2 unspecified atom stereocenters. The highest BCUT2D eigenvalue weighted by molar-refractivity contribution is 5.89. The van der Waals surface area contributed by atoms with E-state index < -0.39 is 24.1 Å². The van der Waals surface area contributed by atoms with Crippen LogP contribution in [0.5, 0.6) is 0 Å². The molecule has 0 radical (unpaired) electrons. The number of rotatable bonds is 10. The number of urea groups is 1. The monoisotopic (exact) mass is 424 g/mol. The number of carbonyl (C=O) groups is 3. The van der Waals surface area contributed by atoms with Crippen molar-refractivity contribution in [2.45, 2.75) is 91.3 Å². The van der Waals surface area contributed by atoms with Gasteiger partial charge in [-0.3, -0.25) is 4.79 Å². The van der Waals surface area contributed by atoms with E-state index in [1.54, 1.807) is 0 Å². The lowest BCUT2D eigenvalue weighted by Crippen LogP contribution is -2.58. The number of nitrogens with two attached hydrogens (primary N) is 1. The van der Waals surface area contributed by atoms with Gasteiger partial charge in [-0.05, 0) is 67.7 Å². The van der Waals surface area contributed by atoms with Gasteiger partial charge in [0.1, 0.15) is 12.1 Å². The van der Waals surface area contributed by atoms with Gasteiger partial charge < -0.3 is 26.8 Å². The molecule has 0 aromatic heterocycles. The van der Waals surface area contributed by atoms with Gasteiger partial charge >= 0.3 is 12.0 Å². The maximum atomic E-state index is 13.1. The van der Waals surface area contributed by atoms with Gasteiger partial charge in [0.25, 0.3) is 0 Å². The van der Waals surface area contributed by atoms with Crippen molar-refractivity contribution in [1.82, 2.24) is 16.0 Å². The van der Waals surface area contributed by atoms with Crippen molar-refractivity contribution in [3.8, 4) is 0 Å². The zero-order chi connectivity index (χ0) is 22.7. The highest BCUT2D eigenvalue weighted by atomic mass is 16.4. The molecule has 2 bridgehead atoms. The van der Waals surface area contributed by atoms with Crippen LogP contribution < -0.4 is 21.7 Å². The molecule has 2 aliphatic carbocycles. The Hall–Kier alpha value is -1.83. The minimum Gasteiger partial charge on any atom is -0.480 e. The summed E-state index contributed by atoms with van der Waals surface area (Å²) in [7, 11) is 0. The molecule has 3 amide bonds. The Kier molecular flexibility index (Phi) is 7.77. The van der Waals surface area contributed by atoms with Gasteiger partial charge in [-0.15, -0.1) is 0 Å². The number of hydrogen-bond acceptors (Lipinski definition) is 4. The fraction of sp³-hybridized carbons (Fsp3) is 0.864. The van der Waals surface area contributed by atoms with Gasteiger partial charge in [0.2, 0.25) is 5.91 Å². The van der Waals surface area contributed by atoms with E-state index in [0.29, 0.717) is 31.7 Å². The normalized spacial score (nSPS) is 28.8. The van der Waals surface area contributed by atoms with Crippen LogP contribution in [0.2, 0.25) is 0 Å². The Morgan fingerprint density at radius 2 is 1.80 bits per heavy atom. The number of hydrogen-bond donors (Lipinski definition) is 5. The number of nitrogens with one attached hydrogen (secondary N) is 3. The molecule has 5 atom stereocenters. The van der Waals surface area contributed by atoms with E-state index >= 15 is 0 Å². The second-order valence-electron chi connectivity index (χ2n) is 10.2. The maximum absolute atomic E-state index is 13.1. The SMILES string of the molecule is CC(C)C(NC(=O)NC(CCCCN)C(=O)O)C(=O)N[C@H]1C[C@H]2CC[C@]1(C)C2(C)C. The molecule has 8 nitrogen and oxygen atoms in total. The molecule has 0 spiro atoms. The van der Waals surface area contributed by atoms with Crippen LogP contribution in [0.15, 0.2) is 0 Å². The molecule has 0 aromatic rings. The van der Waals surface area contributed by atoms with Crippen LogP contribution in [0, 0.1) is 22.7 Å². The molecule has 2 fully saturated rings. The van der Waals surface area contributed by atoms with Crippen LogP contribution in [0.3, 0.4) is 0 Å². The van der Waals surface area contributed by atoms with Crippen molar-refractivity contribution in [3.05, 3.63) is 0 Å². The van der Waals surface area contributed by atoms with Crippen LogP contribution in [-0.4, -0.2) is 47.7 Å². The molecule has 2 rings (SSSR count). The summed E-state index contributed by atoms with van der Waals surface area (Å²) < 4.78 is 0. The van der Waals surface area contributed by atoms with Crippen molar-refractivity contribution in [3.63, 3.8) is 0 Å². The predicted octanol–water partition coefficient (Wildman–Crippen LogP) is 2.22. The topological polar surface area (TPSA) is 134 Å². The number of aliphatic carboxylic acids is 1. The number of fused-ring (bicyclic) bond motifs is 2. The molecule has 0 saturated heterocycles. The first-order chi connectivity index (χ1) is 13.9. The quantitative estimate of drug-likeness (QED) is 0.343. The van der Waals surface area contributed by atoms with Gasteiger partial charge in [-0.25, -0.2) is 9.59 Å². The zero-order valence-corrected chi connectivity index (χ0v) is 19.1. The maximum Gasteiger partial charge on any atom is 0.326 e. The van der Waals surface area contributed by atoms with Gasteiger partial charge in [-0.1, -0.05) is 34.6 Å². The lowest BCUT2D eigenvalue weighted by atomic mass is 9.69. The minimum atomic E-state index is -1.09. The van der Waals surface area contributed by atoms with E-state index in [1.807, 2.05) is 13.8 Å². The molecule has 8 heteroatoms. The van der Waals surface area contributed by atoms with Crippen molar-refractivity contribution in [2.24, 2.45) is 28.4 Å². The van der Waals surface area contributed by atoms with Crippen LogP contribution in [0.4, 0.5) is 4.79 Å². The van der Waals surface area contributed by atoms with Crippen LogP contribution >= 0.6 is 0 Å². The predicted molar refractivity (Wildman–Crippen MR) is 116 cm³/mol. The molecular weight excluding hydrogens is 384 g/mol. The Balaban J connectivity index is 1.97. The smallest absolute Gasteiger partial charge is 0.326 e. The standard InChI is InChI=1S/C22H40N4O4/c1-13(2)17(26-20(30)24-15(19(28)29)8-6-7-11-23)18(27)25-16-12-14-9-10-22(16,5)21(14,3)4/h13-17H,6-12,23H2,1-5H3,(H,25,27)(H,28,29)(H2,24,26,30)/t14-,15?,16+,17?,22+/m1/s1. The number of carboxylic acid groups (broad SMARTS) is 1. The van der Waals surface area contributed by atoms with Crippen molar-refractivity contribution < 1.29 is 19.5 Å². The molecule has 0 heterocycles. The van der Waals surface area contributed by atoms with Crippen molar-refractivity contribution in [1.29, 1.82) is 0 Å². The lowest BCUT2D eigenvalue weighted by Gasteiger charge is -2.40. The number of carbonyl (C=O) groups excluding carboxylic acids is 2. The average molecular weight is 425 g/mol. The molecule has 2 saturated carbocycles. The molecule has 172 valence electrons. The van der Waals surface area contributed by atoms with E-state index in [-0.39, 0.29) is 28.7 Å². The Morgan fingerprint density at radius 1 is 1.13 bits per heavy atom. The first-order valence-electron chi connectivity index (χ1n) is 11.2. The molecule has 30 heavy (non-hydrogen) atoms. The summed E-state index contributed by atoms with van der Waals surface area (Å²) in [5, 5.41) is 17.7. The third-order valence-electron chi connectivity index (χ3n) is 7.90. The lowest BCUT2D eigenvalue weighted by molar-refractivity contribution is -0.139. The van der Waals surface area contributed by atoms with Crippen LogP contribution in [-0.2, 0) is 9.59 Å². The summed E-state index contributed by atoms with van der Waals surface area (Å²) in [5.74, 6) is -0.823. The van der Waals surface area contributed by atoms with Crippen LogP contribution in [0.1, 0.15) is 73.1 Å². The van der Waals surface area contributed by atoms with E-state index in [1.165, 1.54) is 6.42 Å². The molecule has 0 aromatic carbocycles. The van der Waals surface area contributed by atoms with E-state index in [9.17, 15) is 19.5 Å². The Bertz CT molecular complexity index is 651. The molecule has 0 aliphatic heterocycles. The summed E-state index contributed by atoms with van der Waals surface area (Å²) in [5.41, 5.74) is 5.68. The zero-order valence-electron chi connectivity index (χ0n) is 19.1. The van der Waals surface area contributed by atoms with Gasteiger partial charge in [0.05, 0.1) is 0 Å². The van der Waals surface area contributed by atoms with Crippen LogP contribution in [0.25, 0.3) is 0 Å². The van der Waals surface area contributed by atoms with Gasteiger partial charge in [-0.2, -0.15) is 0 Å². The van der Waals surface area contributed by atoms with Crippen molar-refractivity contribution in [2.75, 3.05) is 6.54 Å². The Morgan fingerprint density at radius 3 is 2.27 bits per heavy atom. The largest absolute Gasteiger partial charge is 0.480 e. The second-order valence-corrected chi connectivity index (χ2v) is 10.2. The highest BCUT2D eigenvalue weighted by Crippen LogP contribution is 2.65. The highest BCUT2D eigenvalue weighted by Gasteiger charge is 2.61. The number of amides is 3. The molecule has 6 N–H and O–H groups in total. The molecule has 2 aliphatic rings.